The van der Waals surface area contributed by atoms with Crippen molar-refractivity contribution in [2.75, 3.05) is 0 Å². The predicted molar refractivity (Wildman–Crippen MR) is 158 cm³/mol. The van der Waals surface area contributed by atoms with Crippen LogP contribution in [0.15, 0.2) is 91.0 Å². The molecule has 5 aromatic rings. The van der Waals surface area contributed by atoms with Gasteiger partial charge in [0, 0.05) is 16.5 Å². The van der Waals surface area contributed by atoms with E-state index in [2.05, 4.69) is 133 Å². The molecule has 37 heavy (non-hydrogen) atoms. The summed E-state index contributed by atoms with van der Waals surface area (Å²) >= 11 is 0. The Morgan fingerprint density at radius 2 is 1.11 bits per heavy atom. The number of fused-ring (bicyclic) bond motifs is 1. The van der Waals surface area contributed by atoms with Crippen LogP contribution in [0.25, 0.3) is 44.7 Å². The molecule has 0 N–H and O–H groups in total. The number of para-hydroxylation sites is 1. The first-order valence-corrected chi connectivity index (χ1v) is 13.4. The maximum absolute atomic E-state index is 5.33. The summed E-state index contributed by atoms with van der Waals surface area (Å²) < 4.78 is 0. The van der Waals surface area contributed by atoms with Gasteiger partial charge in [0.25, 0.3) is 0 Å². The first-order valence-electron chi connectivity index (χ1n) is 13.4. The summed E-state index contributed by atoms with van der Waals surface area (Å²) in [7, 11) is 0. The van der Waals surface area contributed by atoms with E-state index < -0.39 is 0 Å². The van der Waals surface area contributed by atoms with Gasteiger partial charge in [-0.05, 0) is 57.7 Å². The molecule has 0 fully saturated rings. The van der Waals surface area contributed by atoms with Crippen molar-refractivity contribution in [2.45, 2.75) is 59.3 Å². The number of benzene rings is 4. The van der Waals surface area contributed by atoms with E-state index >= 15 is 0 Å². The van der Waals surface area contributed by atoms with E-state index in [1.165, 1.54) is 33.4 Å². The van der Waals surface area contributed by atoms with Gasteiger partial charge in [-0.2, -0.15) is 0 Å². The smallest absolute Gasteiger partial charge is 0.160 e. The fourth-order valence-electron chi connectivity index (χ4n) is 5.09. The van der Waals surface area contributed by atoms with Crippen LogP contribution in [-0.4, -0.2) is 9.97 Å². The SMILES string of the molecule is CC(C)c1cc(C(C)C)c(-c2nc(-c3cccc(-c4ccccc4)c3)nc3ccccc23)c(C(C)C)c1. The second-order valence-corrected chi connectivity index (χ2v) is 10.9. The Balaban J connectivity index is 1.80. The van der Waals surface area contributed by atoms with Crippen LogP contribution in [0.4, 0.5) is 0 Å². The Labute approximate surface area is 221 Å². The third-order valence-corrected chi connectivity index (χ3v) is 7.20. The molecule has 0 amide bonds. The van der Waals surface area contributed by atoms with Crippen LogP contribution < -0.4 is 0 Å². The van der Waals surface area contributed by atoms with E-state index in [4.69, 9.17) is 9.97 Å². The van der Waals surface area contributed by atoms with Crippen LogP contribution in [0.3, 0.4) is 0 Å². The number of hydrogen-bond acceptors (Lipinski definition) is 2. The van der Waals surface area contributed by atoms with Gasteiger partial charge in [0.15, 0.2) is 5.82 Å². The second-order valence-electron chi connectivity index (χ2n) is 10.9. The molecule has 0 unspecified atom stereocenters. The van der Waals surface area contributed by atoms with Gasteiger partial charge in [-0.1, -0.05) is 120 Å². The molecule has 0 saturated heterocycles. The van der Waals surface area contributed by atoms with Crippen LogP contribution in [0, 0.1) is 0 Å². The highest BCUT2D eigenvalue weighted by Gasteiger charge is 2.22. The number of nitrogens with zero attached hydrogens (tertiary/aromatic N) is 2. The minimum atomic E-state index is 0.379. The van der Waals surface area contributed by atoms with E-state index in [9.17, 15) is 0 Å². The van der Waals surface area contributed by atoms with Crippen LogP contribution in [0.5, 0.6) is 0 Å². The molecule has 186 valence electrons. The first kappa shape index (κ1) is 24.9. The molecule has 0 aliphatic carbocycles. The molecule has 0 saturated carbocycles. The maximum atomic E-state index is 5.33. The lowest BCUT2D eigenvalue weighted by atomic mass is 9.82. The summed E-state index contributed by atoms with van der Waals surface area (Å²) in [6, 6.07) is 32.3. The average Bonchev–Trinajstić information content (AvgIpc) is 2.92. The molecule has 2 nitrogen and oxygen atoms in total. The summed E-state index contributed by atoms with van der Waals surface area (Å²) in [5.74, 6) is 2.00. The minimum absolute atomic E-state index is 0.379. The topological polar surface area (TPSA) is 25.8 Å². The first-order chi connectivity index (χ1) is 17.8. The van der Waals surface area contributed by atoms with Crippen molar-refractivity contribution in [2.24, 2.45) is 0 Å². The molecule has 0 aliphatic heterocycles. The molecule has 0 spiro atoms. The molecule has 1 aromatic heterocycles. The van der Waals surface area contributed by atoms with E-state index in [0.29, 0.717) is 17.8 Å². The fourth-order valence-corrected chi connectivity index (χ4v) is 5.09. The van der Waals surface area contributed by atoms with Gasteiger partial charge >= 0.3 is 0 Å². The van der Waals surface area contributed by atoms with Gasteiger partial charge in [0.05, 0.1) is 11.2 Å². The molecule has 0 atom stereocenters. The third kappa shape index (κ3) is 4.93. The Bertz CT molecular complexity index is 1520. The monoisotopic (exact) mass is 484 g/mol. The molecule has 2 heteroatoms. The second kappa shape index (κ2) is 10.3. The zero-order chi connectivity index (χ0) is 26.1. The van der Waals surface area contributed by atoms with E-state index in [-0.39, 0.29) is 0 Å². The van der Waals surface area contributed by atoms with Crippen molar-refractivity contribution in [3.05, 3.63) is 108 Å². The Morgan fingerprint density at radius 1 is 0.514 bits per heavy atom. The molecule has 0 aliphatic rings. The van der Waals surface area contributed by atoms with Crippen molar-refractivity contribution < 1.29 is 0 Å². The van der Waals surface area contributed by atoms with Crippen molar-refractivity contribution in [3.8, 4) is 33.8 Å². The molecule has 5 rings (SSSR count). The minimum Gasteiger partial charge on any atom is -0.228 e. The lowest BCUT2D eigenvalue weighted by Crippen LogP contribution is -2.06. The molecule has 0 bridgehead atoms. The largest absolute Gasteiger partial charge is 0.228 e. The van der Waals surface area contributed by atoms with Gasteiger partial charge in [-0.3, -0.25) is 0 Å². The summed E-state index contributed by atoms with van der Waals surface area (Å²) in [6.07, 6.45) is 0. The lowest BCUT2D eigenvalue weighted by Gasteiger charge is -2.23. The van der Waals surface area contributed by atoms with Crippen LogP contribution in [-0.2, 0) is 0 Å². The molecular formula is C35H36N2. The Kier molecular flexibility index (Phi) is 6.93. The number of aromatic nitrogens is 2. The number of rotatable bonds is 6. The van der Waals surface area contributed by atoms with Gasteiger partial charge in [-0.25, -0.2) is 9.97 Å². The fraction of sp³-hybridized carbons (Fsp3) is 0.257. The van der Waals surface area contributed by atoms with Crippen molar-refractivity contribution in [1.82, 2.24) is 9.97 Å². The molecule has 0 radical (unpaired) electrons. The summed E-state index contributed by atoms with van der Waals surface area (Å²) in [4.78, 5) is 10.4. The zero-order valence-electron chi connectivity index (χ0n) is 22.8. The number of hydrogen-bond donors (Lipinski definition) is 0. The van der Waals surface area contributed by atoms with Gasteiger partial charge in [0.1, 0.15) is 0 Å². The summed E-state index contributed by atoms with van der Waals surface area (Å²) in [6.45, 7) is 13.7. The highest BCUT2D eigenvalue weighted by Crippen LogP contribution is 2.41. The summed E-state index contributed by atoms with van der Waals surface area (Å²) in [5.41, 5.74) is 10.8. The van der Waals surface area contributed by atoms with Crippen LogP contribution in [0.2, 0.25) is 0 Å². The Hall–Kier alpha value is -3.78. The average molecular weight is 485 g/mol. The summed E-state index contributed by atoms with van der Waals surface area (Å²) in [5, 5.41) is 1.10. The maximum Gasteiger partial charge on any atom is 0.160 e. The molecule has 4 aromatic carbocycles. The lowest BCUT2D eigenvalue weighted by molar-refractivity contribution is 0.806. The van der Waals surface area contributed by atoms with Gasteiger partial charge < -0.3 is 0 Å². The third-order valence-electron chi connectivity index (χ3n) is 7.20. The normalized spacial score (nSPS) is 11.7. The molecule has 1 heterocycles. The van der Waals surface area contributed by atoms with Gasteiger partial charge in [-0.15, -0.1) is 0 Å². The van der Waals surface area contributed by atoms with E-state index in [0.717, 1.165) is 28.0 Å². The van der Waals surface area contributed by atoms with E-state index in [1.54, 1.807) is 0 Å². The zero-order valence-corrected chi connectivity index (χ0v) is 22.8. The van der Waals surface area contributed by atoms with Crippen LogP contribution in [0.1, 0.15) is 76.0 Å². The van der Waals surface area contributed by atoms with Crippen molar-refractivity contribution >= 4 is 10.9 Å². The highest BCUT2D eigenvalue weighted by atomic mass is 14.9. The van der Waals surface area contributed by atoms with Gasteiger partial charge in [0.2, 0.25) is 0 Å². The highest BCUT2D eigenvalue weighted by molar-refractivity contribution is 5.95. The Morgan fingerprint density at radius 3 is 1.76 bits per heavy atom. The van der Waals surface area contributed by atoms with Crippen molar-refractivity contribution in [1.29, 1.82) is 0 Å². The van der Waals surface area contributed by atoms with Crippen LogP contribution >= 0.6 is 0 Å². The standard InChI is InChI=1S/C35H36N2/c1-22(2)28-20-30(23(3)4)33(31(21-28)24(5)6)34-29-17-10-11-18-32(29)36-35(37-34)27-16-12-15-26(19-27)25-13-8-7-9-14-25/h7-24H,1-6H3. The quantitative estimate of drug-likeness (QED) is 0.240. The predicted octanol–water partition coefficient (Wildman–Crippen LogP) is 10.0. The van der Waals surface area contributed by atoms with E-state index in [1.807, 2.05) is 0 Å². The van der Waals surface area contributed by atoms with Crippen molar-refractivity contribution in [3.63, 3.8) is 0 Å². The molecular weight excluding hydrogens is 448 g/mol.